The van der Waals surface area contributed by atoms with Gasteiger partial charge in [0, 0.05) is 16.8 Å². The van der Waals surface area contributed by atoms with Crippen LogP contribution in [0.1, 0.15) is 43.7 Å². The molecule has 5 nitrogen and oxygen atoms in total. The minimum atomic E-state index is -0.176. The van der Waals surface area contributed by atoms with Gasteiger partial charge in [0.2, 0.25) is 11.8 Å². The molecule has 0 unspecified atom stereocenters. The van der Waals surface area contributed by atoms with Crippen LogP contribution in [0.4, 0.5) is 5.13 Å². The summed E-state index contributed by atoms with van der Waals surface area (Å²) >= 11 is 1.46. The fraction of sp³-hybridized carbons (Fsp3) is 0.667. The number of hydrogen-bond donors (Lipinski definition) is 1. The zero-order chi connectivity index (χ0) is 15.6. The van der Waals surface area contributed by atoms with E-state index >= 15 is 0 Å². The number of carbonyl (C=O) groups is 2. The predicted octanol–water partition coefficient (Wildman–Crippen LogP) is 2.74. The fourth-order valence-electron chi connectivity index (χ4n) is 2.24. The smallest absolute Gasteiger partial charge is 0.245 e. The second kappa shape index (κ2) is 6.56. The van der Waals surface area contributed by atoms with Gasteiger partial charge in [-0.25, -0.2) is 4.98 Å². The molecule has 0 aromatic carbocycles. The molecule has 1 fully saturated rings. The molecule has 0 bridgehead atoms. The number of aryl methyl sites for hydroxylation is 2. The Kier molecular flexibility index (Phi) is 4.98. The van der Waals surface area contributed by atoms with Gasteiger partial charge in [-0.05, 0) is 40.5 Å². The van der Waals surface area contributed by atoms with Gasteiger partial charge in [0.25, 0.3) is 0 Å². The first kappa shape index (κ1) is 15.9. The normalized spacial score (nSPS) is 14.9. The van der Waals surface area contributed by atoms with Crippen LogP contribution >= 0.6 is 11.3 Å². The molecule has 116 valence electrons. The van der Waals surface area contributed by atoms with E-state index in [0.29, 0.717) is 5.13 Å². The van der Waals surface area contributed by atoms with E-state index in [1.54, 1.807) is 4.90 Å². The summed E-state index contributed by atoms with van der Waals surface area (Å²) in [5.41, 5.74) is 0.932. The lowest BCUT2D eigenvalue weighted by molar-refractivity contribution is -0.142. The molecular weight excluding hydrogens is 286 g/mol. The number of thiazole rings is 1. The number of nitrogens with zero attached hydrogens (tertiary/aromatic N) is 2. The average Bonchev–Trinajstić information content (AvgIpc) is 2.62. The molecule has 1 aliphatic carbocycles. The molecule has 1 aliphatic rings. The Labute approximate surface area is 129 Å². The van der Waals surface area contributed by atoms with Crippen LogP contribution in [0.5, 0.6) is 0 Å². The van der Waals surface area contributed by atoms with Crippen LogP contribution in [0, 0.1) is 19.8 Å². The zero-order valence-electron chi connectivity index (χ0n) is 13.1. The third-order valence-electron chi connectivity index (χ3n) is 3.95. The summed E-state index contributed by atoms with van der Waals surface area (Å²) in [7, 11) is 0. The van der Waals surface area contributed by atoms with Crippen LogP contribution in [-0.2, 0) is 9.59 Å². The molecular formula is C15H23N3O2S. The van der Waals surface area contributed by atoms with Crippen molar-refractivity contribution >= 4 is 28.3 Å². The average molecular weight is 309 g/mol. The number of nitrogens with one attached hydrogen (secondary N) is 1. The van der Waals surface area contributed by atoms with Gasteiger partial charge in [-0.2, -0.15) is 0 Å². The van der Waals surface area contributed by atoms with Gasteiger partial charge in [0.05, 0.1) is 5.69 Å². The highest BCUT2D eigenvalue weighted by Gasteiger charge is 2.31. The molecule has 0 aliphatic heterocycles. The van der Waals surface area contributed by atoms with Crippen molar-refractivity contribution in [2.75, 3.05) is 11.9 Å². The van der Waals surface area contributed by atoms with E-state index in [-0.39, 0.29) is 30.3 Å². The fourth-order valence-corrected chi connectivity index (χ4v) is 3.08. The van der Waals surface area contributed by atoms with Gasteiger partial charge in [0.15, 0.2) is 5.13 Å². The Morgan fingerprint density at radius 3 is 2.48 bits per heavy atom. The Balaban J connectivity index is 1.96. The van der Waals surface area contributed by atoms with Crippen LogP contribution < -0.4 is 5.32 Å². The van der Waals surface area contributed by atoms with Crippen molar-refractivity contribution in [2.24, 2.45) is 5.92 Å². The molecule has 1 saturated carbocycles. The van der Waals surface area contributed by atoms with Crippen molar-refractivity contribution < 1.29 is 9.59 Å². The second-order valence-corrected chi connectivity index (χ2v) is 7.10. The second-order valence-electron chi connectivity index (χ2n) is 5.90. The molecule has 2 amide bonds. The summed E-state index contributed by atoms with van der Waals surface area (Å²) in [4.78, 5) is 31.5. The van der Waals surface area contributed by atoms with E-state index in [1.807, 2.05) is 27.7 Å². The Hall–Kier alpha value is -1.43. The van der Waals surface area contributed by atoms with Gasteiger partial charge < -0.3 is 10.2 Å². The predicted molar refractivity (Wildman–Crippen MR) is 84.4 cm³/mol. The van der Waals surface area contributed by atoms with E-state index in [0.717, 1.165) is 29.8 Å². The first-order chi connectivity index (χ1) is 9.88. The third kappa shape index (κ3) is 3.81. The summed E-state index contributed by atoms with van der Waals surface area (Å²) < 4.78 is 0. The van der Waals surface area contributed by atoms with Crippen LogP contribution in [0.25, 0.3) is 0 Å². The van der Waals surface area contributed by atoms with Crippen LogP contribution in [0.2, 0.25) is 0 Å². The van der Waals surface area contributed by atoms with Crippen molar-refractivity contribution in [3.63, 3.8) is 0 Å². The van der Waals surface area contributed by atoms with E-state index in [9.17, 15) is 9.59 Å². The third-order valence-corrected chi connectivity index (χ3v) is 4.94. The summed E-state index contributed by atoms with van der Waals surface area (Å²) in [6, 6.07) is 0.0311. The topological polar surface area (TPSA) is 62.3 Å². The molecule has 0 radical (unpaired) electrons. The molecule has 1 aromatic rings. The summed E-state index contributed by atoms with van der Waals surface area (Å²) in [5.74, 6) is 0.0487. The van der Waals surface area contributed by atoms with E-state index < -0.39 is 0 Å². The van der Waals surface area contributed by atoms with Gasteiger partial charge in [0.1, 0.15) is 6.54 Å². The first-order valence-corrected chi connectivity index (χ1v) is 8.24. The maximum Gasteiger partial charge on any atom is 0.245 e. The lowest BCUT2D eigenvalue weighted by Crippen LogP contribution is -2.46. The van der Waals surface area contributed by atoms with Crippen molar-refractivity contribution in [3.8, 4) is 0 Å². The van der Waals surface area contributed by atoms with Gasteiger partial charge in [-0.1, -0.05) is 6.42 Å². The largest absolute Gasteiger partial charge is 0.331 e. The molecule has 0 spiro atoms. The highest BCUT2D eigenvalue weighted by atomic mass is 32.1. The van der Waals surface area contributed by atoms with Crippen LogP contribution in [0.3, 0.4) is 0 Å². The van der Waals surface area contributed by atoms with Crippen molar-refractivity contribution in [1.82, 2.24) is 9.88 Å². The lowest BCUT2D eigenvalue weighted by atomic mass is 9.84. The first-order valence-electron chi connectivity index (χ1n) is 7.43. The van der Waals surface area contributed by atoms with Gasteiger partial charge in [-0.15, -0.1) is 11.3 Å². The molecule has 6 heteroatoms. The molecule has 2 rings (SSSR count). The minimum absolute atomic E-state index is 0.0311. The van der Waals surface area contributed by atoms with Crippen LogP contribution in [-0.4, -0.2) is 34.3 Å². The highest BCUT2D eigenvalue weighted by molar-refractivity contribution is 7.15. The number of amides is 2. The summed E-state index contributed by atoms with van der Waals surface area (Å²) in [6.07, 6.45) is 3.02. The Morgan fingerprint density at radius 2 is 2.05 bits per heavy atom. The maximum absolute atomic E-state index is 12.3. The number of anilines is 1. The zero-order valence-corrected chi connectivity index (χ0v) is 13.9. The van der Waals surface area contributed by atoms with Crippen molar-refractivity contribution in [2.45, 2.75) is 53.0 Å². The molecule has 1 heterocycles. The van der Waals surface area contributed by atoms with E-state index in [2.05, 4.69) is 10.3 Å². The molecule has 21 heavy (non-hydrogen) atoms. The summed E-state index contributed by atoms with van der Waals surface area (Å²) in [5, 5.41) is 3.40. The van der Waals surface area contributed by atoms with Gasteiger partial charge >= 0.3 is 0 Å². The number of carbonyl (C=O) groups excluding carboxylic acids is 2. The maximum atomic E-state index is 12.3. The van der Waals surface area contributed by atoms with Crippen molar-refractivity contribution in [3.05, 3.63) is 10.6 Å². The number of rotatable bonds is 5. The number of hydrogen-bond acceptors (Lipinski definition) is 4. The van der Waals surface area contributed by atoms with E-state index in [4.69, 9.17) is 0 Å². The molecule has 1 N–H and O–H groups in total. The monoisotopic (exact) mass is 309 g/mol. The molecule has 0 saturated heterocycles. The quantitative estimate of drug-likeness (QED) is 0.909. The van der Waals surface area contributed by atoms with Crippen LogP contribution in [0.15, 0.2) is 0 Å². The highest BCUT2D eigenvalue weighted by Crippen LogP contribution is 2.29. The lowest BCUT2D eigenvalue weighted by Gasteiger charge is -2.33. The number of aromatic nitrogens is 1. The SMILES string of the molecule is Cc1nc(NC(=O)CN(C(=O)C2CCC2)C(C)C)sc1C. The minimum Gasteiger partial charge on any atom is -0.331 e. The molecule has 1 aromatic heterocycles. The standard InChI is InChI=1S/C15H23N3O2S/c1-9(2)18(14(20)12-6-5-7-12)8-13(19)17-15-16-10(3)11(4)21-15/h9,12H,5-8H2,1-4H3,(H,16,17,19). The Bertz CT molecular complexity index is 516. The van der Waals surface area contributed by atoms with Gasteiger partial charge in [-0.3, -0.25) is 9.59 Å². The van der Waals surface area contributed by atoms with Crippen molar-refractivity contribution in [1.29, 1.82) is 0 Å². The van der Waals surface area contributed by atoms with E-state index in [1.165, 1.54) is 11.3 Å². The Morgan fingerprint density at radius 1 is 1.38 bits per heavy atom. The molecule has 0 atom stereocenters. The summed E-state index contributed by atoms with van der Waals surface area (Å²) in [6.45, 7) is 7.89.